The molecule has 1 N–H and O–H groups in total. The zero-order valence-electron chi connectivity index (χ0n) is 17.2. The number of fused-ring (bicyclic) bond motifs is 1. The Morgan fingerprint density at radius 3 is 2.73 bits per heavy atom. The van der Waals surface area contributed by atoms with Gasteiger partial charge in [-0.3, -0.25) is 9.78 Å². The molecule has 1 saturated heterocycles. The Balaban J connectivity index is 1.38. The number of aromatic nitrogens is 1. The summed E-state index contributed by atoms with van der Waals surface area (Å²) in [7, 11) is -3.41. The van der Waals surface area contributed by atoms with Crippen LogP contribution in [0, 0.1) is 0 Å². The zero-order chi connectivity index (χ0) is 23.0. The number of pyridine rings is 1. The number of sulfonamides is 1. The standard InChI is InChI=1S/C23H18ClN3O4S2/c24-20-6-3-17(13-19(20)21-22-15(7-9-25-21)8-11-32-22)26-23(28)16-1-4-18(5-2-16)27-14-31-10-12-33(27,29)30/h1-9,11,13H,10,12,14H2,(H,26,28). The molecule has 10 heteroatoms. The van der Waals surface area contributed by atoms with Crippen LogP contribution in [0.2, 0.25) is 5.02 Å². The van der Waals surface area contributed by atoms with Gasteiger partial charge in [-0.1, -0.05) is 11.6 Å². The van der Waals surface area contributed by atoms with E-state index < -0.39 is 10.0 Å². The molecule has 0 spiro atoms. The minimum atomic E-state index is -3.41. The summed E-state index contributed by atoms with van der Waals surface area (Å²) >= 11 is 8.04. The molecule has 3 heterocycles. The van der Waals surface area contributed by atoms with E-state index in [1.807, 2.05) is 17.5 Å². The molecule has 1 fully saturated rings. The van der Waals surface area contributed by atoms with Crippen molar-refractivity contribution in [3.05, 3.63) is 76.8 Å². The van der Waals surface area contributed by atoms with Crippen LogP contribution < -0.4 is 9.62 Å². The number of halogens is 1. The lowest BCUT2D eigenvalue weighted by Crippen LogP contribution is -2.41. The molecule has 0 unspecified atom stereocenters. The van der Waals surface area contributed by atoms with Crippen molar-refractivity contribution in [1.82, 2.24) is 4.98 Å². The molecule has 0 aliphatic carbocycles. The fraction of sp³-hybridized carbons (Fsp3) is 0.130. The maximum atomic E-state index is 12.8. The number of ether oxygens (including phenoxy) is 1. The maximum Gasteiger partial charge on any atom is 0.255 e. The van der Waals surface area contributed by atoms with Crippen LogP contribution in [0.1, 0.15) is 10.4 Å². The molecule has 0 saturated carbocycles. The average Bonchev–Trinajstić information content (AvgIpc) is 3.29. The number of nitrogens with zero attached hydrogens (tertiary/aromatic N) is 2. The molecule has 0 atom stereocenters. The van der Waals surface area contributed by atoms with E-state index in [2.05, 4.69) is 10.3 Å². The van der Waals surface area contributed by atoms with Gasteiger partial charge in [0.05, 0.1) is 33.5 Å². The van der Waals surface area contributed by atoms with E-state index in [-0.39, 0.29) is 25.0 Å². The van der Waals surface area contributed by atoms with Crippen LogP contribution in [0.3, 0.4) is 0 Å². The van der Waals surface area contributed by atoms with Crippen LogP contribution in [0.4, 0.5) is 11.4 Å². The lowest BCUT2D eigenvalue weighted by Gasteiger charge is -2.28. The molecule has 0 radical (unpaired) electrons. The van der Waals surface area contributed by atoms with Crippen molar-refractivity contribution in [1.29, 1.82) is 0 Å². The number of anilines is 2. The summed E-state index contributed by atoms with van der Waals surface area (Å²) in [4.78, 5) is 17.3. The molecule has 1 aliphatic heterocycles. The van der Waals surface area contributed by atoms with Gasteiger partial charge in [-0.2, -0.15) is 0 Å². The third-order valence-corrected chi connectivity index (χ3v) is 8.23. The Morgan fingerprint density at radius 1 is 1.12 bits per heavy atom. The molecule has 33 heavy (non-hydrogen) atoms. The van der Waals surface area contributed by atoms with Gasteiger partial charge in [0, 0.05) is 23.0 Å². The summed E-state index contributed by atoms with van der Waals surface area (Å²) in [6.45, 7) is 0.144. The number of amides is 1. The van der Waals surface area contributed by atoms with Crippen LogP contribution in [0.25, 0.3) is 21.3 Å². The molecule has 0 bridgehead atoms. The van der Waals surface area contributed by atoms with Gasteiger partial charge < -0.3 is 10.1 Å². The quantitative estimate of drug-likeness (QED) is 0.427. The first-order valence-corrected chi connectivity index (χ1v) is 12.9. The third-order valence-electron chi connectivity index (χ3n) is 5.30. The first-order valence-electron chi connectivity index (χ1n) is 10.0. The number of benzene rings is 2. The summed E-state index contributed by atoms with van der Waals surface area (Å²) < 4.78 is 31.9. The fourth-order valence-corrected chi connectivity index (χ4v) is 5.92. The number of nitrogens with one attached hydrogen (secondary N) is 1. The number of hydrogen-bond acceptors (Lipinski definition) is 6. The van der Waals surface area contributed by atoms with Gasteiger partial charge in [0.15, 0.2) is 0 Å². The van der Waals surface area contributed by atoms with Crippen LogP contribution in [0.15, 0.2) is 66.2 Å². The molecular formula is C23H18ClN3O4S2. The predicted octanol–water partition coefficient (Wildman–Crippen LogP) is 4.99. The Hall–Kier alpha value is -2.98. The topological polar surface area (TPSA) is 88.6 Å². The lowest BCUT2D eigenvalue weighted by molar-refractivity contribution is 0.102. The molecule has 2 aromatic carbocycles. The summed E-state index contributed by atoms with van der Waals surface area (Å²) in [6, 6.07) is 15.6. The van der Waals surface area contributed by atoms with Crippen molar-refractivity contribution in [2.24, 2.45) is 0 Å². The van der Waals surface area contributed by atoms with Gasteiger partial charge >= 0.3 is 0 Å². The smallest absolute Gasteiger partial charge is 0.255 e. The van der Waals surface area contributed by atoms with E-state index in [0.29, 0.717) is 22.0 Å². The number of hydrogen-bond donors (Lipinski definition) is 1. The molecule has 7 nitrogen and oxygen atoms in total. The van der Waals surface area contributed by atoms with Gasteiger partial charge in [-0.15, -0.1) is 11.3 Å². The highest BCUT2D eigenvalue weighted by atomic mass is 35.5. The van der Waals surface area contributed by atoms with Gasteiger partial charge in [-0.25, -0.2) is 12.7 Å². The summed E-state index contributed by atoms with van der Waals surface area (Å²) in [5, 5.41) is 6.49. The number of thiophene rings is 1. The first kappa shape index (κ1) is 21.8. The maximum absolute atomic E-state index is 12.8. The van der Waals surface area contributed by atoms with Crippen LogP contribution in [-0.4, -0.2) is 38.4 Å². The van der Waals surface area contributed by atoms with E-state index in [0.717, 1.165) is 21.3 Å². The van der Waals surface area contributed by atoms with Gasteiger partial charge in [-0.05, 0) is 65.4 Å². The SMILES string of the molecule is O=C(Nc1ccc(Cl)c(-c2nccc3ccsc23)c1)c1ccc(N2COCCS2(=O)=O)cc1. The zero-order valence-corrected chi connectivity index (χ0v) is 19.6. The van der Waals surface area contributed by atoms with Crippen molar-refractivity contribution < 1.29 is 17.9 Å². The van der Waals surface area contributed by atoms with Crippen molar-refractivity contribution in [3.8, 4) is 11.3 Å². The normalized spacial score (nSPS) is 15.5. The summed E-state index contributed by atoms with van der Waals surface area (Å²) in [5.41, 5.74) is 2.91. The van der Waals surface area contributed by atoms with Crippen molar-refractivity contribution in [3.63, 3.8) is 0 Å². The lowest BCUT2D eigenvalue weighted by atomic mass is 10.1. The Kier molecular flexibility index (Phi) is 5.79. The Bertz CT molecular complexity index is 1450. The van der Waals surface area contributed by atoms with Gasteiger partial charge in [0.25, 0.3) is 5.91 Å². The Morgan fingerprint density at radius 2 is 1.94 bits per heavy atom. The molecule has 1 aliphatic rings. The second-order valence-corrected chi connectivity index (χ2v) is 10.7. The van der Waals surface area contributed by atoms with Crippen LogP contribution >= 0.6 is 22.9 Å². The second-order valence-electron chi connectivity index (χ2n) is 7.40. The van der Waals surface area contributed by atoms with E-state index in [1.54, 1.807) is 60.0 Å². The first-order chi connectivity index (χ1) is 15.9. The highest BCUT2D eigenvalue weighted by Crippen LogP contribution is 2.36. The third kappa shape index (κ3) is 4.32. The largest absolute Gasteiger partial charge is 0.359 e. The molecule has 2 aromatic heterocycles. The van der Waals surface area contributed by atoms with Crippen molar-refractivity contribution >= 4 is 60.3 Å². The molecule has 1 amide bonds. The number of carbonyl (C=O) groups excluding carboxylic acids is 1. The minimum absolute atomic E-state index is 0.0353. The van der Waals surface area contributed by atoms with Crippen LogP contribution in [-0.2, 0) is 14.8 Å². The van der Waals surface area contributed by atoms with E-state index in [4.69, 9.17) is 16.3 Å². The number of carbonyl (C=O) groups is 1. The van der Waals surface area contributed by atoms with E-state index in [1.165, 1.54) is 4.31 Å². The predicted molar refractivity (Wildman–Crippen MR) is 132 cm³/mol. The number of rotatable bonds is 4. The molecular weight excluding hydrogens is 482 g/mol. The van der Waals surface area contributed by atoms with E-state index >= 15 is 0 Å². The minimum Gasteiger partial charge on any atom is -0.359 e. The van der Waals surface area contributed by atoms with Gasteiger partial charge in [0.1, 0.15) is 6.73 Å². The highest BCUT2D eigenvalue weighted by Gasteiger charge is 2.26. The Labute approximate surface area is 199 Å². The molecule has 168 valence electrons. The molecule has 4 aromatic rings. The second kappa shape index (κ2) is 8.75. The van der Waals surface area contributed by atoms with Crippen LogP contribution in [0.5, 0.6) is 0 Å². The van der Waals surface area contributed by atoms with E-state index in [9.17, 15) is 13.2 Å². The monoisotopic (exact) mass is 499 g/mol. The average molecular weight is 500 g/mol. The fourth-order valence-electron chi connectivity index (χ4n) is 3.59. The molecule has 5 rings (SSSR count). The summed E-state index contributed by atoms with van der Waals surface area (Å²) in [6.07, 6.45) is 1.74. The van der Waals surface area contributed by atoms with Crippen molar-refractivity contribution in [2.75, 3.05) is 28.7 Å². The summed E-state index contributed by atoms with van der Waals surface area (Å²) in [5.74, 6) is -0.391. The van der Waals surface area contributed by atoms with Crippen molar-refractivity contribution in [2.45, 2.75) is 0 Å². The van der Waals surface area contributed by atoms with Gasteiger partial charge in [0.2, 0.25) is 10.0 Å². The highest BCUT2D eigenvalue weighted by molar-refractivity contribution is 7.92.